The summed E-state index contributed by atoms with van der Waals surface area (Å²) < 4.78 is 108. The van der Waals surface area contributed by atoms with Gasteiger partial charge in [0.15, 0.2) is 23.3 Å². The van der Waals surface area contributed by atoms with Crippen LogP contribution in [0.15, 0.2) is 18.2 Å². The molecule has 0 aliphatic heterocycles. The van der Waals surface area contributed by atoms with E-state index in [1.807, 2.05) is 0 Å². The van der Waals surface area contributed by atoms with Gasteiger partial charge in [-0.15, -0.1) is 0 Å². The van der Waals surface area contributed by atoms with Crippen LogP contribution in [0.3, 0.4) is 0 Å². The van der Waals surface area contributed by atoms with E-state index in [2.05, 4.69) is 4.74 Å². The van der Waals surface area contributed by atoms with E-state index in [-0.39, 0.29) is 0 Å². The Bertz CT molecular complexity index is 699. The molecule has 1 nitrogen and oxygen atoms in total. The Balaban J connectivity index is 2.69. The number of hydrogen-bond acceptors (Lipinski definition) is 1. The molecule has 22 heavy (non-hydrogen) atoms. The quantitative estimate of drug-likeness (QED) is 0.447. The van der Waals surface area contributed by atoms with Crippen molar-refractivity contribution >= 4 is 0 Å². The SMILES string of the molecule is Fc1cc(OC(F)F)cc(-c2c(F)c(F)c(F)c(F)c2F)c1. The van der Waals surface area contributed by atoms with Crippen molar-refractivity contribution in [2.75, 3.05) is 0 Å². The summed E-state index contributed by atoms with van der Waals surface area (Å²) >= 11 is 0. The van der Waals surface area contributed by atoms with E-state index in [1.165, 1.54) is 0 Å². The Morgan fingerprint density at radius 3 is 1.68 bits per heavy atom. The topological polar surface area (TPSA) is 9.23 Å². The van der Waals surface area contributed by atoms with Crippen LogP contribution >= 0.6 is 0 Å². The molecule has 0 aromatic heterocycles. The van der Waals surface area contributed by atoms with Gasteiger partial charge in [-0.1, -0.05) is 0 Å². The highest BCUT2D eigenvalue weighted by Gasteiger charge is 2.27. The summed E-state index contributed by atoms with van der Waals surface area (Å²) in [6.07, 6.45) is 0. The summed E-state index contributed by atoms with van der Waals surface area (Å²) in [5, 5.41) is 0. The molecule has 0 amide bonds. The Morgan fingerprint density at radius 2 is 1.18 bits per heavy atom. The highest BCUT2D eigenvalue weighted by atomic mass is 19.3. The summed E-state index contributed by atoms with van der Waals surface area (Å²) in [6, 6.07) is 1.39. The minimum Gasteiger partial charge on any atom is -0.435 e. The largest absolute Gasteiger partial charge is 0.435 e. The summed E-state index contributed by atoms with van der Waals surface area (Å²) in [4.78, 5) is 0. The minimum absolute atomic E-state index is 0.413. The lowest BCUT2D eigenvalue weighted by Crippen LogP contribution is -2.05. The maximum absolute atomic E-state index is 13.6. The molecule has 2 rings (SSSR count). The number of benzene rings is 2. The highest BCUT2D eigenvalue weighted by molar-refractivity contribution is 5.67. The van der Waals surface area contributed by atoms with Crippen LogP contribution in [0.5, 0.6) is 5.75 Å². The molecular weight excluding hydrogens is 324 g/mol. The second kappa shape index (κ2) is 5.82. The van der Waals surface area contributed by atoms with Crippen LogP contribution in [0.2, 0.25) is 0 Å². The lowest BCUT2D eigenvalue weighted by Gasteiger charge is -2.11. The van der Waals surface area contributed by atoms with E-state index < -0.39 is 58.4 Å². The van der Waals surface area contributed by atoms with Crippen LogP contribution in [-0.2, 0) is 0 Å². The predicted octanol–water partition coefficient (Wildman–Crippen LogP) is 4.79. The molecule has 0 radical (unpaired) electrons. The van der Waals surface area contributed by atoms with Gasteiger partial charge in [0.25, 0.3) is 0 Å². The van der Waals surface area contributed by atoms with Gasteiger partial charge in [-0.2, -0.15) is 8.78 Å². The van der Waals surface area contributed by atoms with Crippen LogP contribution in [0.1, 0.15) is 0 Å². The molecule has 118 valence electrons. The van der Waals surface area contributed by atoms with E-state index in [4.69, 9.17) is 0 Å². The molecule has 0 unspecified atom stereocenters. The van der Waals surface area contributed by atoms with Gasteiger partial charge in [0.2, 0.25) is 5.82 Å². The first-order valence-corrected chi connectivity index (χ1v) is 5.49. The molecule has 2 aromatic rings. The van der Waals surface area contributed by atoms with Crippen LogP contribution < -0.4 is 4.74 Å². The zero-order valence-corrected chi connectivity index (χ0v) is 10.2. The molecule has 0 fully saturated rings. The van der Waals surface area contributed by atoms with Crippen molar-refractivity contribution in [3.05, 3.63) is 53.1 Å². The Morgan fingerprint density at radius 1 is 0.682 bits per heavy atom. The number of alkyl halides is 2. The molecule has 0 aliphatic rings. The molecule has 0 saturated carbocycles. The number of rotatable bonds is 3. The van der Waals surface area contributed by atoms with Crippen molar-refractivity contribution in [2.24, 2.45) is 0 Å². The van der Waals surface area contributed by atoms with E-state index in [0.717, 1.165) is 0 Å². The van der Waals surface area contributed by atoms with Gasteiger partial charge in [0.1, 0.15) is 11.6 Å². The van der Waals surface area contributed by atoms with Crippen molar-refractivity contribution in [3.8, 4) is 16.9 Å². The molecule has 2 aromatic carbocycles. The fraction of sp³-hybridized carbons (Fsp3) is 0.0769. The normalized spacial score (nSPS) is 11.1. The van der Waals surface area contributed by atoms with Crippen molar-refractivity contribution in [1.29, 1.82) is 0 Å². The van der Waals surface area contributed by atoms with Crippen LogP contribution in [0.4, 0.5) is 35.1 Å². The molecular formula is C13H4F8O. The summed E-state index contributed by atoms with van der Waals surface area (Å²) in [5.41, 5.74) is -2.29. The number of halogens is 8. The standard InChI is InChI=1S/C13H4F8O/c14-5-1-4(2-6(3-5)22-13(20)21)7-8(15)10(17)12(19)11(18)9(7)16/h1-3,13H. The van der Waals surface area contributed by atoms with E-state index in [9.17, 15) is 35.1 Å². The number of ether oxygens (including phenoxy) is 1. The molecule has 0 aliphatic carbocycles. The third kappa shape index (κ3) is 2.83. The van der Waals surface area contributed by atoms with E-state index in [0.29, 0.717) is 18.2 Å². The first kappa shape index (κ1) is 16.1. The smallest absolute Gasteiger partial charge is 0.387 e. The van der Waals surface area contributed by atoms with Gasteiger partial charge < -0.3 is 4.74 Å². The Labute approximate surface area is 117 Å². The van der Waals surface area contributed by atoms with E-state index >= 15 is 0 Å². The average Bonchev–Trinajstić information content (AvgIpc) is 2.42. The number of hydrogen-bond donors (Lipinski definition) is 0. The van der Waals surface area contributed by atoms with Crippen molar-refractivity contribution in [3.63, 3.8) is 0 Å². The first-order valence-electron chi connectivity index (χ1n) is 5.49. The molecule has 0 atom stereocenters. The minimum atomic E-state index is -3.37. The van der Waals surface area contributed by atoms with Gasteiger partial charge in [-0.25, -0.2) is 26.3 Å². The van der Waals surface area contributed by atoms with Gasteiger partial charge in [-0.3, -0.25) is 0 Å². The van der Waals surface area contributed by atoms with E-state index in [1.54, 1.807) is 0 Å². The van der Waals surface area contributed by atoms with Gasteiger partial charge in [-0.05, 0) is 17.7 Å². The van der Waals surface area contributed by atoms with Crippen LogP contribution in [-0.4, -0.2) is 6.61 Å². The van der Waals surface area contributed by atoms with Crippen molar-refractivity contribution in [2.45, 2.75) is 6.61 Å². The molecule has 0 saturated heterocycles. The summed E-state index contributed by atoms with van der Waals surface area (Å²) in [5.74, 6) is -13.4. The third-order valence-corrected chi connectivity index (χ3v) is 2.59. The van der Waals surface area contributed by atoms with Crippen LogP contribution in [0, 0.1) is 34.9 Å². The highest BCUT2D eigenvalue weighted by Crippen LogP contribution is 2.34. The zero-order valence-electron chi connectivity index (χ0n) is 10.2. The fourth-order valence-electron chi connectivity index (χ4n) is 1.74. The Hall–Kier alpha value is -2.32. The molecule has 0 N–H and O–H groups in total. The Kier molecular flexibility index (Phi) is 4.25. The lowest BCUT2D eigenvalue weighted by molar-refractivity contribution is -0.0499. The van der Waals surface area contributed by atoms with Gasteiger partial charge in [0.05, 0.1) is 5.56 Å². The first-order chi connectivity index (χ1) is 10.2. The summed E-state index contributed by atoms with van der Waals surface area (Å²) in [7, 11) is 0. The summed E-state index contributed by atoms with van der Waals surface area (Å²) in [6.45, 7) is -3.37. The lowest BCUT2D eigenvalue weighted by atomic mass is 10.0. The maximum atomic E-state index is 13.6. The molecule has 9 heteroatoms. The zero-order chi connectivity index (χ0) is 16.6. The predicted molar refractivity (Wildman–Crippen MR) is 58.3 cm³/mol. The monoisotopic (exact) mass is 328 g/mol. The maximum Gasteiger partial charge on any atom is 0.387 e. The molecule has 0 bridgehead atoms. The average molecular weight is 328 g/mol. The second-order valence-corrected chi connectivity index (χ2v) is 4.00. The molecule has 0 heterocycles. The fourth-order valence-corrected chi connectivity index (χ4v) is 1.74. The van der Waals surface area contributed by atoms with Crippen LogP contribution in [0.25, 0.3) is 11.1 Å². The van der Waals surface area contributed by atoms with Gasteiger partial charge in [0, 0.05) is 6.07 Å². The molecule has 0 spiro atoms. The van der Waals surface area contributed by atoms with Crippen molar-refractivity contribution in [1.82, 2.24) is 0 Å². The van der Waals surface area contributed by atoms with Crippen molar-refractivity contribution < 1.29 is 39.9 Å². The third-order valence-electron chi connectivity index (χ3n) is 2.59. The van der Waals surface area contributed by atoms with Gasteiger partial charge >= 0.3 is 6.61 Å². The second-order valence-electron chi connectivity index (χ2n) is 4.00.